The number of nitro groups is 1. The number of carbonyl (C=O) groups is 1. The fourth-order valence-electron chi connectivity index (χ4n) is 8.20. The maximum atomic E-state index is 14.0. The average molecular weight is 870 g/mol. The van der Waals surface area contributed by atoms with Gasteiger partial charge in [0.05, 0.1) is 27.6 Å². The van der Waals surface area contributed by atoms with Gasteiger partial charge < -0.3 is 29.4 Å². The lowest BCUT2D eigenvalue weighted by molar-refractivity contribution is -0.384. The third kappa shape index (κ3) is 9.47. The molecule has 3 aromatic carbocycles. The van der Waals surface area contributed by atoms with Crippen molar-refractivity contribution in [3.8, 4) is 17.2 Å². The molecule has 5 aromatic rings. The van der Waals surface area contributed by atoms with E-state index in [0.717, 1.165) is 61.1 Å². The number of H-pyrrole nitrogens is 1. The molecule has 0 bridgehead atoms. The number of nitrogens with one attached hydrogen (secondary N) is 3. The third-order valence-electron chi connectivity index (χ3n) is 11.6. The number of hydrogen-bond donors (Lipinski definition) is 3. The van der Waals surface area contributed by atoms with Gasteiger partial charge in [-0.05, 0) is 78.6 Å². The van der Waals surface area contributed by atoms with Gasteiger partial charge in [0.1, 0.15) is 23.8 Å². The Morgan fingerprint density at radius 3 is 2.62 bits per heavy atom. The maximum Gasteiger partial charge on any atom is 0.297 e. The summed E-state index contributed by atoms with van der Waals surface area (Å²) in [6.45, 7) is 9.12. The normalized spacial score (nSPS) is 18.0. The Morgan fingerprint density at radius 2 is 1.87 bits per heavy atom. The number of piperazine rings is 1. The fraction of sp³-hybridized carbons (Fsp3) is 0.364. The molecular formula is C44H48ClN7O8S. The standard InChI is InChI=1S/C44H48ClN7O8S/c1-44(2)13-10-30(37(24-44)28-4-6-31(45)7-5-28)26-50-15-17-51(18-16-50)33-8-9-36(39(21-33)60-34-20-29-11-14-46-42(29)47-25-34)43(53)49-61(56,57)35-22-38(52(54)55)41-40(23-35)59-27-32(48-41)12-19-58-3/h4-9,11,14,20-23,25,32,48H,10,12-13,15-19,24,26-27H2,1-3H3,(H,46,47)(H,49,53)/t32-/m1/s1. The summed E-state index contributed by atoms with van der Waals surface area (Å²) in [5.74, 6) is -0.553. The Bertz CT molecular complexity index is 2610. The number of halogens is 1. The number of aromatic amines is 1. The zero-order valence-electron chi connectivity index (χ0n) is 34.2. The van der Waals surface area contributed by atoms with Gasteiger partial charge in [0.15, 0.2) is 11.4 Å². The van der Waals surface area contributed by atoms with Crippen molar-refractivity contribution in [2.24, 2.45) is 5.41 Å². The first-order valence-electron chi connectivity index (χ1n) is 20.2. The van der Waals surface area contributed by atoms with Crippen LogP contribution in [0.15, 0.2) is 89.6 Å². The Balaban J connectivity index is 1.03. The van der Waals surface area contributed by atoms with Gasteiger partial charge in [0.25, 0.3) is 21.6 Å². The molecule has 320 valence electrons. The molecule has 8 rings (SSSR count). The molecule has 0 saturated carbocycles. The predicted molar refractivity (Wildman–Crippen MR) is 234 cm³/mol. The molecule has 3 aliphatic rings. The van der Waals surface area contributed by atoms with Crippen LogP contribution in [-0.2, 0) is 14.8 Å². The van der Waals surface area contributed by atoms with E-state index in [4.69, 9.17) is 25.8 Å². The summed E-state index contributed by atoms with van der Waals surface area (Å²) < 4.78 is 46.9. The van der Waals surface area contributed by atoms with E-state index in [9.17, 15) is 23.3 Å². The number of ether oxygens (including phenoxy) is 3. The number of aromatic nitrogens is 2. The number of methoxy groups -OCH3 is 1. The molecule has 17 heteroatoms. The summed E-state index contributed by atoms with van der Waals surface area (Å²) >= 11 is 6.24. The van der Waals surface area contributed by atoms with Crippen molar-refractivity contribution in [1.82, 2.24) is 19.6 Å². The van der Waals surface area contributed by atoms with E-state index in [2.05, 4.69) is 55.8 Å². The minimum absolute atomic E-state index is 0.0155. The molecule has 0 radical (unpaired) electrons. The Labute approximate surface area is 359 Å². The minimum Gasteiger partial charge on any atom is -0.489 e. The molecule has 61 heavy (non-hydrogen) atoms. The third-order valence-corrected chi connectivity index (χ3v) is 13.2. The van der Waals surface area contributed by atoms with E-state index in [1.165, 1.54) is 35.0 Å². The van der Waals surface area contributed by atoms with E-state index < -0.39 is 31.4 Å². The van der Waals surface area contributed by atoms with Crippen LogP contribution in [0.2, 0.25) is 5.02 Å². The summed E-state index contributed by atoms with van der Waals surface area (Å²) in [5.41, 5.74) is 5.25. The number of nitrogens with zero attached hydrogens (tertiary/aromatic N) is 4. The number of pyridine rings is 1. The number of anilines is 2. The highest BCUT2D eigenvalue weighted by Crippen LogP contribution is 2.44. The maximum absolute atomic E-state index is 14.0. The highest BCUT2D eigenvalue weighted by molar-refractivity contribution is 7.90. The van der Waals surface area contributed by atoms with Crippen molar-refractivity contribution in [1.29, 1.82) is 0 Å². The molecule has 1 aliphatic carbocycles. The number of amides is 1. The Kier molecular flexibility index (Phi) is 12.0. The van der Waals surface area contributed by atoms with Gasteiger partial charge in [-0.1, -0.05) is 43.2 Å². The second kappa shape index (κ2) is 17.4. The van der Waals surface area contributed by atoms with Crippen LogP contribution < -0.4 is 24.4 Å². The average Bonchev–Trinajstić information content (AvgIpc) is 3.71. The van der Waals surface area contributed by atoms with Gasteiger partial charge in [-0.2, -0.15) is 0 Å². The van der Waals surface area contributed by atoms with Crippen LogP contribution in [0.4, 0.5) is 17.1 Å². The largest absolute Gasteiger partial charge is 0.489 e. The quantitative estimate of drug-likeness (QED) is 0.0767. The number of allylic oxidation sites excluding steroid dienone is 1. The van der Waals surface area contributed by atoms with Crippen molar-refractivity contribution in [3.05, 3.63) is 111 Å². The molecule has 2 aliphatic heterocycles. The molecule has 1 saturated heterocycles. The van der Waals surface area contributed by atoms with E-state index in [1.54, 1.807) is 31.5 Å². The first kappa shape index (κ1) is 42.0. The minimum atomic E-state index is -4.64. The summed E-state index contributed by atoms with van der Waals surface area (Å²) in [5, 5.41) is 16.7. The summed E-state index contributed by atoms with van der Waals surface area (Å²) in [4.78, 5) is 37.0. The number of carbonyl (C=O) groups excluding carboxylic acids is 1. The molecule has 0 unspecified atom stereocenters. The molecule has 1 fully saturated rings. The topological polar surface area (TPSA) is 181 Å². The van der Waals surface area contributed by atoms with Gasteiger partial charge >= 0.3 is 0 Å². The van der Waals surface area contributed by atoms with Gasteiger partial charge in [-0.15, -0.1) is 0 Å². The predicted octanol–water partition coefficient (Wildman–Crippen LogP) is 8.03. The van der Waals surface area contributed by atoms with Crippen LogP contribution in [0.1, 0.15) is 55.5 Å². The van der Waals surface area contributed by atoms with Crippen LogP contribution >= 0.6 is 11.6 Å². The van der Waals surface area contributed by atoms with Crippen LogP contribution in [0.5, 0.6) is 17.2 Å². The molecule has 1 atom stereocenters. The van der Waals surface area contributed by atoms with Gasteiger partial charge in [0, 0.05) is 86.9 Å². The van der Waals surface area contributed by atoms with E-state index >= 15 is 0 Å². The lowest BCUT2D eigenvalue weighted by Crippen LogP contribution is -2.47. The molecule has 1 amide bonds. The van der Waals surface area contributed by atoms with Gasteiger partial charge in [0.2, 0.25) is 0 Å². The second-order valence-corrected chi connectivity index (χ2v) is 18.6. The highest BCUT2D eigenvalue weighted by atomic mass is 35.5. The van der Waals surface area contributed by atoms with Crippen LogP contribution in [0, 0.1) is 15.5 Å². The van der Waals surface area contributed by atoms with Crippen molar-refractivity contribution in [2.75, 3.05) is 63.3 Å². The molecule has 4 heterocycles. The van der Waals surface area contributed by atoms with Gasteiger partial charge in [-0.25, -0.2) is 18.1 Å². The number of hydrogen-bond acceptors (Lipinski definition) is 12. The van der Waals surface area contributed by atoms with Crippen LogP contribution in [-0.4, -0.2) is 93.2 Å². The fourth-order valence-corrected chi connectivity index (χ4v) is 9.33. The summed E-state index contributed by atoms with van der Waals surface area (Å²) in [7, 11) is -3.10. The number of benzene rings is 3. The molecular weight excluding hydrogens is 822 g/mol. The molecule has 3 N–H and O–H groups in total. The Hall–Kier alpha value is -5.68. The first-order valence-corrected chi connectivity index (χ1v) is 22.1. The summed E-state index contributed by atoms with van der Waals surface area (Å²) in [6.07, 6.45) is 6.96. The number of sulfonamides is 1. The van der Waals surface area contributed by atoms with Crippen LogP contribution in [0.3, 0.4) is 0 Å². The number of fused-ring (bicyclic) bond motifs is 2. The van der Waals surface area contributed by atoms with Gasteiger partial charge in [-0.3, -0.25) is 19.8 Å². The first-order chi connectivity index (χ1) is 29.2. The van der Waals surface area contributed by atoms with E-state index in [1.807, 2.05) is 18.2 Å². The van der Waals surface area contributed by atoms with Crippen LogP contribution in [0.25, 0.3) is 16.6 Å². The monoisotopic (exact) mass is 869 g/mol. The molecule has 0 spiro atoms. The van der Waals surface area contributed by atoms with Crippen molar-refractivity contribution in [3.63, 3.8) is 0 Å². The second-order valence-electron chi connectivity index (χ2n) is 16.5. The lowest BCUT2D eigenvalue weighted by atomic mass is 9.72. The van der Waals surface area contributed by atoms with Crippen molar-refractivity contribution in [2.45, 2.75) is 50.5 Å². The highest BCUT2D eigenvalue weighted by Gasteiger charge is 2.33. The lowest BCUT2D eigenvalue weighted by Gasteiger charge is -2.39. The summed E-state index contributed by atoms with van der Waals surface area (Å²) in [6, 6.07) is 18.6. The zero-order valence-corrected chi connectivity index (χ0v) is 35.8. The van der Waals surface area contributed by atoms with Crippen molar-refractivity contribution < 1.29 is 32.3 Å². The Morgan fingerprint density at radius 1 is 1.08 bits per heavy atom. The molecule has 2 aromatic heterocycles. The van der Waals surface area contributed by atoms with E-state index in [0.29, 0.717) is 37.5 Å². The number of rotatable bonds is 13. The van der Waals surface area contributed by atoms with Crippen molar-refractivity contribution >= 4 is 61.2 Å². The SMILES string of the molecule is COCC[C@@H]1COc2cc(S(=O)(=O)NC(=O)c3ccc(N4CCN(CC5=C(c6ccc(Cl)cc6)CC(C)(C)CC5)CC4)cc3Oc3cnc4[nH]ccc4c3)cc([N+](=O)[O-])c2N1. The number of nitro benzene ring substituents is 1. The smallest absolute Gasteiger partial charge is 0.297 e. The molecule has 15 nitrogen and oxygen atoms in total. The van der Waals surface area contributed by atoms with E-state index in [-0.39, 0.29) is 40.8 Å². The zero-order chi connectivity index (χ0) is 42.9.